The number of allylic oxidation sites excluding steroid dienone is 1. The van der Waals surface area contributed by atoms with Crippen LogP contribution in [0, 0.1) is 28.6 Å². The molecule has 3 heteroatoms. The summed E-state index contributed by atoms with van der Waals surface area (Å²) in [6.07, 6.45) is 9.53. The first-order chi connectivity index (χ1) is 11.3. The van der Waals surface area contributed by atoms with Gasteiger partial charge in [0.1, 0.15) is 0 Å². The number of hydrogen-bond donors (Lipinski definition) is 0. The molecule has 24 heavy (non-hydrogen) atoms. The van der Waals surface area contributed by atoms with Crippen LogP contribution in [-0.2, 0) is 14.3 Å². The lowest BCUT2D eigenvalue weighted by molar-refractivity contribution is -0.136. The summed E-state index contributed by atoms with van der Waals surface area (Å²) in [6, 6.07) is 0. The molecule has 3 nitrogen and oxygen atoms in total. The predicted molar refractivity (Wildman–Crippen MR) is 90.4 cm³/mol. The molecule has 1 heterocycles. The van der Waals surface area contributed by atoms with Crippen LogP contribution in [0.4, 0.5) is 0 Å². The van der Waals surface area contributed by atoms with Crippen molar-refractivity contribution in [3.63, 3.8) is 0 Å². The van der Waals surface area contributed by atoms with Crippen LogP contribution in [0.5, 0.6) is 0 Å². The van der Waals surface area contributed by atoms with Crippen LogP contribution in [-0.4, -0.2) is 23.3 Å². The van der Waals surface area contributed by atoms with Crippen molar-refractivity contribution in [3.8, 4) is 0 Å². The van der Waals surface area contributed by atoms with Gasteiger partial charge >= 0.3 is 0 Å². The van der Waals surface area contributed by atoms with E-state index in [1.54, 1.807) is 6.92 Å². The van der Waals surface area contributed by atoms with E-state index in [4.69, 9.17) is 4.74 Å². The summed E-state index contributed by atoms with van der Waals surface area (Å²) < 4.78 is 5.99. The monoisotopic (exact) mass is 328 g/mol. The van der Waals surface area contributed by atoms with E-state index in [-0.39, 0.29) is 22.7 Å². The Bertz CT molecular complexity index is 679. The summed E-state index contributed by atoms with van der Waals surface area (Å²) in [5, 5.41) is 0. The molecule has 0 bridgehead atoms. The van der Waals surface area contributed by atoms with Gasteiger partial charge in [-0.3, -0.25) is 9.59 Å². The lowest BCUT2D eigenvalue weighted by atomic mass is 9.46. The highest BCUT2D eigenvalue weighted by Gasteiger charge is 2.79. The van der Waals surface area contributed by atoms with Crippen LogP contribution >= 0.6 is 0 Å². The molecule has 0 amide bonds. The van der Waals surface area contributed by atoms with Crippen molar-refractivity contribution in [2.24, 2.45) is 28.6 Å². The van der Waals surface area contributed by atoms with E-state index in [0.29, 0.717) is 30.0 Å². The molecule has 5 aliphatic rings. The highest BCUT2D eigenvalue weighted by atomic mass is 16.6. The van der Waals surface area contributed by atoms with Crippen molar-refractivity contribution in [3.05, 3.63) is 11.6 Å². The maximum atomic E-state index is 12.4. The van der Waals surface area contributed by atoms with Crippen molar-refractivity contribution in [1.29, 1.82) is 0 Å². The first kappa shape index (κ1) is 15.3. The minimum atomic E-state index is -0.456. The molecule has 0 N–H and O–H groups in total. The van der Waals surface area contributed by atoms with Gasteiger partial charge in [-0.1, -0.05) is 19.4 Å². The zero-order chi connectivity index (χ0) is 16.9. The molecule has 4 aliphatic carbocycles. The first-order valence-corrected chi connectivity index (χ1v) is 9.76. The van der Waals surface area contributed by atoms with E-state index in [1.807, 2.05) is 6.08 Å². The zero-order valence-corrected chi connectivity index (χ0v) is 15.1. The SMILES string of the molecule is CC(=O)[C@]12O[C@H]1C[C@@H]1[C@H]3CCC4=CC(=O)CC[C@@]4(C)[C@@H]3CC[C@]12C. The zero-order valence-electron chi connectivity index (χ0n) is 15.1. The summed E-state index contributed by atoms with van der Waals surface area (Å²) in [5.74, 6) is 2.58. The molecule has 1 saturated heterocycles. The normalized spacial score (nSPS) is 55.0. The molecular formula is C21H28O3. The van der Waals surface area contributed by atoms with Crippen LogP contribution < -0.4 is 0 Å². The molecule has 0 aromatic rings. The summed E-state index contributed by atoms with van der Waals surface area (Å²) in [6.45, 7) is 6.48. The molecule has 5 rings (SSSR count). The number of hydrogen-bond acceptors (Lipinski definition) is 3. The Morgan fingerprint density at radius 3 is 2.71 bits per heavy atom. The van der Waals surface area contributed by atoms with Gasteiger partial charge in [0.2, 0.25) is 0 Å². The minimum Gasteiger partial charge on any atom is -0.357 e. The van der Waals surface area contributed by atoms with Gasteiger partial charge in [0, 0.05) is 11.8 Å². The largest absolute Gasteiger partial charge is 0.357 e. The smallest absolute Gasteiger partial charge is 0.164 e. The molecular weight excluding hydrogens is 300 g/mol. The summed E-state index contributed by atoms with van der Waals surface area (Å²) in [4.78, 5) is 24.3. The maximum absolute atomic E-state index is 12.4. The molecule has 130 valence electrons. The summed E-state index contributed by atoms with van der Waals surface area (Å²) >= 11 is 0. The number of Topliss-reactive ketones (excluding diaryl/α,β-unsaturated/α-hetero) is 1. The van der Waals surface area contributed by atoms with E-state index in [9.17, 15) is 9.59 Å². The predicted octanol–water partition coefficient (Wildman–Crippen LogP) is 3.85. The Labute approximate surface area is 144 Å². The molecule has 4 fully saturated rings. The molecule has 7 atom stereocenters. The molecule has 0 spiro atoms. The average molecular weight is 328 g/mol. The van der Waals surface area contributed by atoms with Crippen LogP contribution in [0.15, 0.2) is 11.6 Å². The van der Waals surface area contributed by atoms with Crippen molar-refractivity contribution in [1.82, 2.24) is 0 Å². The standard InChI is InChI=1S/C21H28O3/c1-12(22)21-18(24-21)11-17-15-5-4-13-10-14(23)6-8-19(13,2)16(15)7-9-20(17,21)3/h10,15-18H,4-9,11H2,1-3H3/t15-,16+,17+,18-,19+,20+,21-/m0/s1. The van der Waals surface area contributed by atoms with Gasteiger partial charge in [0.05, 0.1) is 6.10 Å². The molecule has 0 radical (unpaired) electrons. The number of epoxide rings is 1. The number of ether oxygens (including phenoxy) is 1. The van der Waals surface area contributed by atoms with Gasteiger partial charge in [0.15, 0.2) is 17.2 Å². The van der Waals surface area contributed by atoms with Crippen molar-refractivity contribution < 1.29 is 14.3 Å². The van der Waals surface area contributed by atoms with Crippen molar-refractivity contribution in [2.75, 3.05) is 0 Å². The fraction of sp³-hybridized carbons (Fsp3) is 0.810. The van der Waals surface area contributed by atoms with Gasteiger partial charge in [-0.05, 0) is 74.7 Å². The van der Waals surface area contributed by atoms with Crippen LogP contribution in [0.3, 0.4) is 0 Å². The van der Waals surface area contributed by atoms with Gasteiger partial charge in [-0.15, -0.1) is 0 Å². The number of fused-ring (bicyclic) bond motifs is 7. The number of carbonyl (C=O) groups is 2. The lowest BCUT2D eigenvalue weighted by Gasteiger charge is -2.58. The fourth-order valence-electron chi connectivity index (χ4n) is 7.62. The summed E-state index contributed by atoms with van der Waals surface area (Å²) in [5.41, 5.74) is 1.22. The molecule has 0 aromatic heterocycles. The van der Waals surface area contributed by atoms with Gasteiger partial charge < -0.3 is 4.74 Å². The second-order valence-corrected chi connectivity index (χ2v) is 9.56. The van der Waals surface area contributed by atoms with Crippen LogP contribution in [0.25, 0.3) is 0 Å². The Balaban J connectivity index is 1.52. The molecule has 0 aromatic carbocycles. The van der Waals surface area contributed by atoms with Crippen molar-refractivity contribution >= 4 is 11.6 Å². The second kappa shape index (κ2) is 4.41. The summed E-state index contributed by atoms with van der Waals surface area (Å²) in [7, 11) is 0. The topological polar surface area (TPSA) is 46.7 Å². The van der Waals surface area contributed by atoms with E-state index in [1.165, 1.54) is 18.4 Å². The fourth-order valence-corrected chi connectivity index (χ4v) is 7.62. The molecule has 0 unspecified atom stereocenters. The Kier molecular flexibility index (Phi) is 2.81. The second-order valence-electron chi connectivity index (χ2n) is 9.56. The Morgan fingerprint density at radius 1 is 1.17 bits per heavy atom. The first-order valence-electron chi connectivity index (χ1n) is 9.76. The molecule has 3 saturated carbocycles. The Hall–Kier alpha value is -0.960. The molecule has 1 aliphatic heterocycles. The number of rotatable bonds is 1. The maximum Gasteiger partial charge on any atom is 0.164 e. The van der Waals surface area contributed by atoms with Crippen molar-refractivity contribution in [2.45, 2.75) is 77.4 Å². The van der Waals surface area contributed by atoms with E-state index < -0.39 is 5.60 Å². The van der Waals surface area contributed by atoms with E-state index >= 15 is 0 Å². The highest BCUT2D eigenvalue weighted by molar-refractivity contribution is 5.92. The Morgan fingerprint density at radius 2 is 1.96 bits per heavy atom. The van der Waals surface area contributed by atoms with Crippen LogP contribution in [0.2, 0.25) is 0 Å². The highest BCUT2D eigenvalue weighted by Crippen LogP contribution is 2.73. The third-order valence-corrected chi connectivity index (χ3v) is 8.92. The lowest BCUT2D eigenvalue weighted by Crippen LogP contribution is -2.54. The number of ketones is 2. The minimum absolute atomic E-state index is 0.0345. The third-order valence-electron chi connectivity index (χ3n) is 8.92. The van der Waals surface area contributed by atoms with E-state index in [0.717, 1.165) is 25.7 Å². The van der Waals surface area contributed by atoms with Gasteiger partial charge in [-0.2, -0.15) is 0 Å². The van der Waals surface area contributed by atoms with E-state index in [2.05, 4.69) is 13.8 Å². The quantitative estimate of drug-likeness (QED) is 0.687. The number of carbonyl (C=O) groups excluding carboxylic acids is 2. The average Bonchev–Trinajstić information content (AvgIpc) is 3.21. The van der Waals surface area contributed by atoms with Crippen LogP contribution in [0.1, 0.15) is 65.7 Å². The van der Waals surface area contributed by atoms with Gasteiger partial charge in [-0.25, -0.2) is 0 Å². The third kappa shape index (κ3) is 1.54. The van der Waals surface area contributed by atoms with Gasteiger partial charge in [0.25, 0.3) is 0 Å².